The van der Waals surface area contributed by atoms with Gasteiger partial charge in [0.1, 0.15) is 5.82 Å². The molecule has 14 heavy (non-hydrogen) atoms. The number of hydrogen-bond acceptors (Lipinski definition) is 2. The minimum Gasteiger partial charge on any atom is -0.331 e. The summed E-state index contributed by atoms with van der Waals surface area (Å²) in [4.78, 5) is 4.64. The van der Waals surface area contributed by atoms with E-state index in [-0.39, 0.29) is 0 Å². The molecule has 1 aliphatic rings. The molecule has 2 rings (SSSR count). The van der Waals surface area contributed by atoms with Gasteiger partial charge in [0.15, 0.2) is 0 Å². The molecule has 0 spiro atoms. The number of imidazole rings is 1. The fourth-order valence-electron chi connectivity index (χ4n) is 1.80. The van der Waals surface area contributed by atoms with Crippen LogP contribution in [0.1, 0.15) is 50.2 Å². The van der Waals surface area contributed by atoms with Gasteiger partial charge in [-0.05, 0) is 19.4 Å². The van der Waals surface area contributed by atoms with Gasteiger partial charge in [0.25, 0.3) is 0 Å². The number of nitrogens with zero attached hydrogens (tertiary/aromatic N) is 2. The summed E-state index contributed by atoms with van der Waals surface area (Å²) >= 11 is 0. The maximum absolute atomic E-state index is 5.54. The molecule has 1 saturated carbocycles. The Morgan fingerprint density at radius 2 is 2.29 bits per heavy atom. The molecule has 2 N–H and O–H groups in total. The van der Waals surface area contributed by atoms with Crippen LogP contribution < -0.4 is 5.73 Å². The molecule has 0 saturated heterocycles. The third-order valence-electron chi connectivity index (χ3n) is 2.67. The Bertz CT molecular complexity index is 291. The molecule has 0 aliphatic heterocycles. The summed E-state index contributed by atoms with van der Waals surface area (Å²) < 4.78 is 2.36. The summed E-state index contributed by atoms with van der Waals surface area (Å²) in [5.41, 5.74) is 6.69. The number of rotatable bonds is 4. The van der Waals surface area contributed by atoms with Crippen molar-refractivity contribution in [3.8, 4) is 0 Å². The molecule has 1 aliphatic carbocycles. The normalized spacial score (nSPS) is 16.6. The third kappa shape index (κ3) is 1.82. The van der Waals surface area contributed by atoms with Gasteiger partial charge in [-0.1, -0.05) is 13.8 Å². The number of nitrogens with two attached hydrogens (primary N) is 1. The van der Waals surface area contributed by atoms with Crippen LogP contribution in [0.3, 0.4) is 0 Å². The van der Waals surface area contributed by atoms with E-state index in [0.29, 0.717) is 12.5 Å². The highest BCUT2D eigenvalue weighted by Crippen LogP contribution is 2.37. The van der Waals surface area contributed by atoms with E-state index in [1.807, 2.05) is 0 Å². The molecule has 0 bridgehead atoms. The van der Waals surface area contributed by atoms with Crippen LogP contribution in [0.5, 0.6) is 0 Å². The highest BCUT2D eigenvalue weighted by Gasteiger charge is 2.27. The third-order valence-corrected chi connectivity index (χ3v) is 2.67. The smallest absolute Gasteiger partial charge is 0.111 e. The molecular weight excluding hydrogens is 174 g/mol. The van der Waals surface area contributed by atoms with E-state index in [0.717, 1.165) is 18.2 Å². The van der Waals surface area contributed by atoms with Crippen LogP contribution in [-0.2, 0) is 6.42 Å². The van der Waals surface area contributed by atoms with E-state index in [2.05, 4.69) is 29.6 Å². The van der Waals surface area contributed by atoms with Crippen LogP contribution in [-0.4, -0.2) is 16.1 Å². The van der Waals surface area contributed by atoms with Crippen LogP contribution in [0.25, 0.3) is 0 Å². The van der Waals surface area contributed by atoms with Crippen LogP contribution in [0, 0.1) is 0 Å². The average molecular weight is 193 g/mol. The Balaban J connectivity index is 2.25. The molecule has 1 aromatic rings. The van der Waals surface area contributed by atoms with Gasteiger partial charge >= 0.3 is 0 Å². The lowest BCUT2D eigenvalue weighted by Crippen LogP contribution is -2.03. The van der Waals surface area contributed by atoms with E-state index in [1.165, 1.54) is 18.7 Å². The second-order valence-corrected chi connectivity index (χ2v) is 4.42. The molecule has 3 heteroatoms. The second-order valence-electron chi connectivity index (χ2n) is 4.42. The zero-order valence-corrected chi connectivity index (χ0v) is 9.03. The number of hydrogen-bond donors (Lipinski definition) is 1. The quantitative estimate of drug-likeness (QED) is 0.793. The first-order chi connectivity index (χ1) is 6.72. The Hall–Kier alpha value is -0.830. The summed E-state index contributed by atoms with van der Waals surface area (Å²) in [5, 5.41) is 0. The average Bonchev–Trinajstić information content (AvgIpc) is 2.88. The van der Waals surface area contributed by atoms with Gasteiger partial charge in [0.2, 0.25) is 0 Å². The van der Waals surface area contributed by atoms with Crippen LogP contribution in [0.15, 0.2) is 6.20 Å². The van der Waals surface area contributed by atoms with Crippen molar-refractivity contribution in [3.63, 3.8) is 0 Å². The van der Waals surface area contributed by atoms with Gasteiger partial charge < -0.3 is 10.3 Å². The topological polar surface area (TPSA) is 43.8 Å². The van der Waals surface area contributed by atoms with E-state index in [9.17, 15) is 0 Å². The summed E-state index contributed by atoms with van der Waals surface area (Å²) in [5.74, 6) is 1.75. The van der Waals surface area contributed by atoms with Crippen molar-refractivity contribution in [2.24, 2.45) is 5.73 Å². The molecule has 3 nitrogen and oxygen atoms in total. The van der Waals surface area contributed by atoms with Gasteiger partial charge in [-0.15, -0.1) is 0 Å². The maximum atomic E-state index is 5.54. The zero-order valence-electron chi connectivity index (χ0n) is 9.03. The Morgan fingerprint density at radius 1 is 1.57 bits per heavy atom. The lowest BCUT2D eigenvalue weighted by molar-refractivity contribution is 0.639. The molecule has 0 atom stereocenters. The van der Waals surface area contributed by atoms with Gasteiger partial charge in [0.05, 0.1) is 5.69 Å². The van der Waals surface area contributed by atoms with Crippen molar-refractivity contribution in [2.45, 2.75) is 45.1 Å². The summed E-state index contributed by atoms with van der Waals surface area (Å²) in [6.45, 7) is 5.10. The Kier molecular flexibility index (Phi) is 2.59. The van der Waals surface area contributed by atoms with Crippen molar-refractivity contribution < 1.29 is 0 Å². The van der Waals surface area contributed by atoms with E-state index in [1.54, 1.807) is 0 Å². The van der Waals surface area contributed by atoms with Crippen molar-refractivity contribution in [1.29, 1.82) is 0 Å². The van der Waals surface area contributed by atoms with E-state index < -0.39 is 0 Å². The van der Waals surface area contributed by atoms with Crippen molar-refractivity contribution >= 4 is 0 Å². The molecule has 1 fully saturated rings. The van der Waals surface area contributed by atoms with Crippen LogP contribution >= 0.6 is 0 Å². The van der Waals surface area contributed by atoms with Crippen molar-refractivity contribution in [1.82, 2.24) is 9.55 Å². The summed E-state index contributed by atoms with van der Waals surface area (Å²) in [6.07, 6.45) is 5.73. The Labute approximate surface area is 85.3 Å². The molecule has 78 valence electrons. The highest BCUT2D eigenvalue weighted by atomic mass is 15.1. The lowest BCUT2D eigenvalue weighted by atomic mass is 10.2. The minimum absolute atomic E-state index is 0.516. The number of aromatic nitrogens is 2. The first-order valence-corrected chi connectivity index (χ1v) is 5.50. The molecular formula is C11H19N3. The molecule has 0 unspecified atom stereocenters. The predicted octanol–water partition coefficient (Wildman–Crippen LogP) is 1.84. The van der Waals surface area contributed by atoms with Crippen LogP contribution in [0.2, 0.25) is 0 Å². The first-order valence-electron chi connectivity index (χ1n) is 5.50. The van der Waals surface area contributed by atoms with Crippen molar-refractivity contribution in [2.75, 3.05) is 6.54 Å². The minimum atomic E-state index is 0.516. The molecule has 1 heterocycles. The van der Waals surface area contributed by atoms with E-state index >= 15 is 0 Å². The molecule has 0 amide bonds. The van der Waals surface area contributed by atoms with Gasteiger partial charge in [-0.25, -0.2) is 4.98 Å². The standard InChI is InChI=1S/C11H19N3/c1-8(2)11-13-9(5-6-12)7-14(11)10-3-4-10/h7-8,10H,3-6,12H2,1-2H3. The van der Waals surface area contributed by atoms with Crippen molar-refractivity contribution in [3.05, 3.63) is 17.7 Å². The SMILES string of the molecule is CC(C)c1nc(CCN)cn1C1CC1. The van der Waals surface area contributed by atoms with Gasteiger partial charge in [0, 0.05) is 24.6 Å². The molecule has 0 aromatic carbocycles. The summed E-state index contributed by atoms with van der Waals surface area (Å²) in [6, 6.07) is 0.728. The second kappa shape index (κ2) is 3.73. The fraction of sp³-hybridized carbons (Fsp3) is 0.727. The largest absolute Gasteiger partial charge is 0.331 e. The van der Waals surface area contributed by atoms with Gasteiger partial charge in [-0.2, -0.15) is 0 Å². The lowest BCUT2D eigenvalue weighted by Gasteiger charge is -2.07. The maximum Gasteiger partial charge on any atom is 0.111 e. The van der Waals surface area contributed by atoms with Gasteiger partial charge in [-0.3, -0.25) is 0 Å². The predicted molar refractivity (Wildman–Crippen MR) is 57.3 cm³/mol. The van der Waals surface area contributed by atoms with Crippen LogP contribution in [0.4, 0.5) is 0 Å². The highest BCUT2D eigenvalue weighted by molar-refractivity contribution is 5.11. The first kappa shape index (κ1) is 9.71. The summed E-state index contributed by atoms with van der Waals surface area (Å²) in [7, 11) is 0. The molecule has 1 aromatic heterocycles. The fourth-order valence-corrected chi connectivity index (χ4v) is 1.80. The zero-order chi connectivity index (χ0) is 10.1. The molecule has 0 radical (unpaired) electrons. The van der Waals surface area contributed by atoms with E-state index in [4.69, 9.17) is 5.73 Å². The Morgan fingerprint density at radius 3 is 2.79 bits per heavy atom. The monoisotopic (exact) mass is 193 g/mol.